The summed E-state index contributed by atoms with van der Waals surface area (Å²) in [7, 11) is 0. The number of halogens is 1. The van der Waals surface area contributed by atoms with E-state index in [2.05, 4.69) is 308 Å². The second kappa shape index (κ2) is 21.7. The van der Waals surface area contributed by atoms with E-state index in [1.165, 1.54) is 16.7 Å². The van der Waals surface area contributed by atoms with Gasteiger partial charge >= 0.3 is 0 Å². The van der Waals surface area contributed by atoms with Crippen molar-refractivity contribution in [3.63, 3.8) is 0 Å². The van der Waals surface area contributed by atoms with Gasteiger partial charge in [0.05, 0.1) is 16.4 Å². The molecule has 13 rings (SSSR count). The van der Waals surface area contributed by atoms with E-state index in [-0.39, 0.29) is 22.2 Å². The molecule has 0 saturated heterocycles. The predicted molar refractivity (Wildman–Crippen MR) is 360 cm³/mol. The lowest BCUT2D eigenvalue weighted by molar-refractivity contribution is 0.590. The zero-order valence-corrected chi connectivity index (χ0v) is 50.6. The van der Waals surface area contributed by atoms with Gasteiger partial charge in [-0.05, 0) is 159 Å². The van der Waals surface area contributed by atoms with Gasteiger partial charge in [-0.15, -0.1) is 0 Å². The highest BCUT2D eigenvalue weighted by Crippen LogP contribution is 2.52. The second-order valence-electron chi connectivity index (χ2n) is 25.6. The number of furan rings is 2. The standard InChI is InChI=1S/C79H70ClN3O2/c1-77(2,3)55-31-37-58(38-32-55)81(63-44-46-73-68(50-63)66-28-17-19-30-72(66)84-73)61-25-20-26-62(49-61)82(59-39-33-56(34-40-59)78(4,5)6)69-47-54(75(52-21-12-10-13-22-52)53-23-14-11-15-24-53)48-70(76(69)80)83(60-41-35-57(36-42-60)79(7,8)9)64-43-45-67-65-27-16-18-29-71(65)85-74(67)51-64/h10-51,75H,1-9H3. The molecule has 0 atom stereocenters. The molecule has 0 unspecified atom stereocenters. The molecule has 0 N–H and O–H groups in total. The SMILES string of the molecule is CC(C)(C)c1ccc(N(c2cccc(N(c3ccc(C(C)(C)C)cc3)c3cc(C(c4ccccc4)c4ccccc4)cc(N(c4ccc(C(C)(C)C)cc4)c4ccc5c(c4)oc4ccccc45)c3Cl)c2)c2ccc3oc4ccccc4c3c2)cc1. The minimum absolute atomic E-state index is 0.0285. The fourth-order valence-corrected chi connectivity index (χ4v) is 12.4. The second-order valence-corrected chi connectivity index (χ2v) is 26.0. The van der Waals surface area contributed by atoms with Crippen LogP contribution in [-0.2, 0) is 16.2 Å². The molecule has 420 valence electrons. The molecule has 0 bridgehead atoms. The van der Waals surface area contributed by atoms with Crippen LogP contribution in [0.2, 0.25) is 5.02 Å². The number of rotatable bonds is 12. The minimum atomic E-state index is -0.183. The fraction of sp³-hybridized carbons (Fsp3) is 0.165. The zero-order chi connectivity index (χ0) is 58.8. The van der Waals surface area contributed by atoms with Crippen LogP contribution in [0, 0.1) is 0 Å². The molecular formula is C79H70ClN3O2. The molecule has 5 nitrogen and oxygen atoms in total. The van der Waals surface area contributed by atoms with Crippen molar-refractivity contribution in [3.8, 4) is 0 Å². The first-order chi connectivity index (χ1) is 40.9. The first-order valence-electron chi connectivity index (χ1n) is 29.5. The van der Waals surface area contributed by atoms with Crippen molar-refractivity contribution in [1.29, 1.82) is 0 Å². The van der Waals surface area contributed by atoms with Gasteiger partial charge in [-0.1, -0.05) is 213 Å². The summed E-state index contributed by atoms with van der Waals surface area (Å²) < 4.78 is 13.1. The van der Waals surface area contributed by atoms with Crippen LogP contribution in [0.4, 0.5) is 51.2 Å². The Bertz CT molecular complexity index is 4500. The Morgan fingerprint density at radius 2 is 0.647 bits per heavy atom. The number of para-hydroxylation sites is 2. The van der Waals surface area contributed by atoms with Crippen LogP contribution in [-0.4, -0.2) is 0 Å². The number of fused-ring (bicyclic) bond motifs is 6. The Hall–Kier alpha value is -9.29. The van der Waals surface area contributed by atoms with E-state index in [0.717, 1.165) is 112 Å². The van der Waals surface area contributed by atoms with Gasteiger partial charge in [-0.3, -0.25) is 0 Å². The van der Waals surface area contributed by atoms with Gasteiger partial charge in [-0.2, -0.15) is 0 Å². The Balaban J connectivity index is 1.09. The summed E-state index contributed by atoms with van der Waals surface area (Å²) >= 11 is 8.47. The van der Waals surface area contributed by atoms with Crippen molar-refractivity contribution in [3.05, 3.63) is 293 Å². The van der Waals surface area contributed by atoms with Crippen LogP contribution in [0.25, 0.3) is 43.9 Å². The minimum Gasteiger partial charge on any atom is -0.456 e. The highest BCUT2D eigenvalue weighted by Gasteiger charge is 2.30. The maximum atomic E-state index is 8.47. The van der Waals surface area contributed by atoms with Gasteiger partial charge in [0.1, 0.15) is 22.3 Å². The van der Waals surface area contributed by atoms with E-state index in [1.807, 2.05) is 24.3 Å². The van der Waals surface area contributed by atoms with Crippen molar-refractivity contribution in [2.45, 2.75) is 84.5 Å². The van der Waals surface area contributed by atoms with E-state index < -0.39 is 0 Å². The molecule has 0 spiro atoms. The molecule has 2 aromatic heterocycles. The van der Waals surface area contributed by atoms with E-state index in [9.17, 15) is 0 Å². The normalized spacial score (nSPS) is 12.2. The number of hydrogen-bond donors (Lipinski definition) is 0. The molecule has 13 aromatic rings. The molecule has 11 aromatic carbocycles. The lowest BCUT2D eigenvalue weighted by Gasteiger charge is -2.34. The smallest absolute Gasteiger partial charge is 0.137 e. The molecule has 0 radical (unpaired) electrons. The summed E-state index contributed by atoms with van der Waals surface area (Å²) in [5, 5.41) is 4.84. The van der Waals surface area contributed by atoms with Gasteiger partial charge in [0.2, 0.25) is 0 Å². The van der Waals surface area contributed by atoms with Crippen LogP contribution >= 0.6 is 11.6 Å². The van der Waals surface area contributed by atoms with Crippen LogP contribution in [0.5, 0.6) is 0 Å². The van der Waals surface area contributed by atoms with Crippen molar-refractivity contribution < 1.29 is 8.83 Å². The number of anilines is 9. The van der Waals surface area contributed by atoms with Gasteiger partial charge in [0.25, 0.3) is 0 Å². The number of nitrogens with zero attached hydrogens (tertiary/aromatic N) is 3. The van der Waals surface area contributed by atoms with E-state index in [1.54, 1.807) is 0 Å². The summed E-state index contributed by atoms with van der Waals surface area (Å²) in [6, 6.07) is 91.9. The first-order valence-corrected chi connectivity index (χ1v) is 29.9. The lowest BCUT2D eigenvalue weighted by Crippen LogP contribution is -2.18. The van der Waals surface area contributed by atoms with Crippen molar-refractivity contribution in [2.75, 3.05) is 14.7 Å². The van der Waals surface area contributed by atoms with Crippen molar-refractivity contribution in [1.82, 2.24) is 0 Å². The fourth-order valence-electron chi connectivity index (χ4n) is 12.1. The summed E-state index contributed by atoms with van der Waals surface area (Å²) in [4.78, 5) is 7.03. The molecule has 0 fully saturated rings. The van der Waals surface area contributed by atoms with Gasteiger partial charge in [0.15, 0.2) is 0 Å². The molecule has 6 heteroatoms. The van der Waals surface area contributed by atoms with E-state index in [4.69, 9.17) is 20.4 Å². The molecule has 0 aliphatic rings. The van der Waals surface area contributed by atoms with Crippen LogP contribution < -0.4 is 14.7 Å². The Morgan fingerprint density at radius 3 is 1.14 bits per heavy atom. The molecule has 0 amide bonds. The zero-order valence-electron chi connectivity index (χ0n) is 49.9. The average molecular weight is 1130 g/mol. The number of benzene rings is 11. The molecular weight excluding hydrogens is 1060 g/mol. The first kappa shape index (κ1) is 54.9. The van der Waals surface area contributed by atoms with Crippen LogP contribution in [0.15, 0.2) is 264 Å². The average Bonchev–Trinajstić information content (AvgIpc) is 2.12. The number of hydrogen-bond acceptors (Lipinski definition) is 5. The quantitative estimate of drug-likeness (QED) is 0.114. The van der Waals surface area contributed by atoms with E-state index >= 15 is 0 Å². The van der Waals surface area contributed by atoms with Gasteiger partial charge in [-0.25, -0.2) is 0 Å². The summed E-state index contributed by atoms with van der Waals surface area (Å²) in [6.45, 7) is 20.4. The molecule has 2 heterocycles. The van der Waals surface area contributed by atoms with Crippen LogP contribution in [0.1, 0.15) is 102 Å². The third-order valence-electron chi connectivity index (χ3n) is 16.7. The third kappa shape index (κ3) is 10.6. The van der Waals surface area contributed by atoms with Crippen molar-refractivity contribution in [2.24, 2.45) is 0 Å². The van der Waals surface area contributed by atoms with Crippen molar-refractivity contribution >= 4 is 107 Å². The highest BCUT2D eigenvalue weighted by atomic mass is 35.5. The summed E-state index contributed by atoms with van der Waals surface area (Å²) in [5.41, 5.74) is 18.7. The summed E-state index contributed by atoms with van der Waals surface area (Å²) in [6.07, 6.45) is 0. The predicted octanol–water partition coefficient (Wildman–Crippen LogP) is 23.6. The van der Waals surface area contributed by atoms with Gasteiger partial charge in [0, 0.05) is 73.3 Å². The summed E-state index contributed by atoms with van der Waals surface area (Å²) in [5.74, 6) is -0.183. The van der Waals surface area contributed by atoms with Crippen LogP contribution in [0.3, 0.4) is 0 Å². The maximum absolute atomic E-state index is 8.47. The Morgan fingerprint density at radius 1 is 0.282 bits per heavy atom. The highest BCUT2D eigenvalue weighted by molar-refractivity contribution is 6.37. The Labute approximate surface area is 505 Å². The topological polar surface area (TPSA) is 36.0 Å². The molecule has 85 heavy (non-hydrogen) atoms. The largest absolute Gasteiger partial charge is 0.456 e. The molecule has 0 aliphatic heterocycles. The molecule has 0 aliphatic carbocycles. The third-order valence-corrected chi connectivity index (χ3v) is 17.1. The van der Waals surface area contributed by atoms with E-state index in [0.29, 0.717) is 5.02 Å². The lowest BCUT2D eigenvalue weighted by atomic mass is 9.84. The van der Waals surface area contributed by atoms with Gasteiger partial charge < -0.3 is 23.5 Å². The monoisotopic (exact) mass is 1130 g/mol. The maximum Gasteiger partial charge on any atom is 0.137 e. The Kier molecular flexibility index (Phi) is 14.0. The molecule has 0 saturated carbocycles.